The zero-order valence-electron chi connectivity index (χ0n) is 10.8. The molecule has 2 N–H and O–H groups in total. The number of rotatable bonds is 4. The third-order valence-corrected chi connectivity index (χ3v) is 2.93. The molecule has 0 saturated heterocycles. The summed E-state index contributed by atoms with van der Waals surface area (Å²) in [5.74, 6) is 1.73. The first-order chi connectivity index (χ1) is 7.22. The molecule has 0 atom stereocenters. The minimum atomic E-state index is 0. The quantitative estimate of drug-likeness (QED) is 0.469. The average molecular weight is 339 g/mol. The summed E-state index contributed by atoms with van der Waals surface area (Å²) in [5, 5.41) is 6.84. The number of aliphatic imine (C=N–C) groups is 1. The summed E-state index contributed by atoms with van der Waals surface area (Å²) in [6, 6.07) is 0.648. The summed E-state index contributed by atoms with van der Waals surface area (Å²) in [7, 11) is 1.85. The normalized spacial score (nSPS) is 17.4. The van der Waals surface area contributed by atoms with Crippen molar-refractivity contribution in [2.75, 3.05) is 13.6 Å². The minimum absolute atomic E-state index is 0. The molecule has 0 radical (unpaired) electrons. The van der Waals surface area contributed by atoms with Crippen molar-refractivity contribution in [2.24, 2.45) is 10.9 Å². The molecule has 0 bridgehead atoms. The van der Waals surface area contributed by atoms with Gasteiger partial charge in [0.05, 0.1) is 0 Å². The largest absolute Gasteiger partial charge is 0.356 e. The predicted octanol–water partition coefficient (Wildman–Crippen LogP) is 2.76. The van der Waals surface area contributed by atoms with Gasteiger partial charge in [0, 0.05) is 19.6 Å². The van der Waals surface area contributed by atoms with Gasteiger partial charge in [-0.2, -0.15) is 0 Å². The Hall–Kier alpha value is 0. The molecule has 0 spiro atoms. The Kier molecular flexibility index (Phi) is 9.07. The number of hydrogen-bond donors (Lipinski definition) is 2. The van der Waals surface area contributed by atoms with Crippen LogP contribution in [0.1, 0.15) is 46.0 Å². The molecule has 96 valence electrons. The topological polar surface area (TPSA) is 36.4 Å². The molecule has 1 fully saturated rings. The second-order valence-electron chi connectivity index (χ2n) is 4.81. The monoisotopic (exact) mass is 339 g/mol. The van der Waals surface area contributed by atoms with Crippen LogP contribution in [0.2, 0.25) is 0 Å². The van der Waals surface area contributed by atoms with Gasteiger partial charge in [0.1, 0.15) is 0 Å². The van der Waals surface area contributed by atoms with E-state index in [0.717, 1.165) is 18.4 Å². The van der Waals surface area contributed by atoms with Crippen molar-refractivity contribution in [1.29, 1.82) is 0 Å². The summed E-state index contributed by atoms with van der Waals surface area (Å²) in [6.07, 6.45) is 6.52. The Labute approximate surface area is 117 Å². The fourth-order valence-corrected chi connectivity index (χ4v) is 1.94. The number of guanidine groups is 1. The molecule has 1 saturated carbocycles. The summed E-state index contributed by atoms with van der Waals surface area (Å²) in [4.78, 5) is 4.24. The smallest absolute Gasteiger partial charge is 0.191 e. The van der Waals surface area contributed by atoms with Crippen LogP contribution in [0.3, 0.4) is 0 Å². The standard InChI is InChI=1S/C12H25N3.HI/c1-10(2)8-9-14-12(13-3)15-11-6-4-5-7-11;/h10-11H,4-9H2,1-3H3,(H2,13,14,15);1H. The number of nitrogens with zero attached hydrogens (tertiary/aromatic N) is 1. The van der Waals surface area contributed by atoms with Gasteiger partial charge in [-0.3, -0.25) is 4.99 Å². The highest BCUT2D eigenvalue weighted by Crippen LogP contribution is 2.17. The number of hydrogen-bond acceptors (Lipinski definition) is 1. The van der Waals surface area contributed by atoms with E-state index >= 15 is 0 Å². The van der Waals surface area contributed by atoms with E-state index in [1.165, 1.54) is 32.1 Å². The lowest BCUT2D eigenvalue weighted by Gasteiger charge is -2.17. The predicted molar refractivity (Wildman–Crippen MR) is 81.6 cm³/mol. The minimum Gasteiger partial charge on any atom is -0.356 e. The molecular formula is C12H26IN3. The fourth-order valence-electron chi connectivity index (χ4n) is 1.94. The van der Waals surface area contributed by atoms with Crippen LogP contribution in [0.25, 0.3) is 0 Å². The SMILES string of the molecule is CN=C(NCCC(C)C)NC1CCCC1.I. The first-order valence-electron chi connectivity index (χ1n) is 6.19. The van der Waals surface area contributed by atoms with E-state index in [9.17, 15) is 0 Å². The zero-order valence-corrected chi connectivity index (χ0v) is 13.1. The molecule has 0 aromatic heterocycles. The van der Waals surface area contributed by atoms with Gasteiger partial charge in [-0.25, -0.2) is 0 Å². The first kappa shape index (κ1) is 16.0. The van der Waals surface area contributed by atoms with Gasteiger partial charge < -0.3 is 10.6 Å². The van der Waals surface area contributed by atoms with Crippen LogP contribution in [-0.4, -0.2) is 25.6 Å². The molecule has 0 aromatic rings. The molecule has 0 aromatic carbocycles. The van der Waals surface area contributed by atoms with Crippen LogP contribution in [0.15, 0.2) is 4.99 Å². The van der Waals surface area contributed by atoms with Crippen molar-refractivity contribution < 1.29 is 0 Å². The van der Waals surface area contributed by atoms with Gasteiger partial charge in [-0.1, -0.05) is 26.7 Å². The highest BCUT2D eigenvalue weighted by Gasteiger charge is 2.15. The molecule has 0 aliphatic heterocycles. The average Bonchev–Trinajstić information content (AvgIpc) is 2.68. The Balaban J connectivity index is 0.00000225. The molecule has 1 aliphatic carbocycles. The Morgan fingerprint density at radius 2 is 1.94 bits per heavy atom. The van der Waals surface area contributed by atoms with Crippen LogP contribution < -0.4 is 10.6 Å². The molecule has 0 heterocycles. The van der Waals surface area contributed by atoms with Crippen LogP contribution in [-0.2, 0) is 0 Å². The molecule has 0 amide bonds. The van der Waals surface area contributed by atoms with Crippen molar-refractivity contribution in [3.8, 4) is 0 Å². The van der Waals surface area contributed by atoms with Crippen molar-refractivity contribution >= 4 is 29.9 Å². The van der Waals surface area contributed by atoms with Crippen LogP contribution in [0, 0.1) is 5.92 Å². The molecule has 0 unspecified atom stereocenters. The maximum atomic E-state index is 4.24. The Morgan fingerprint density at radius 1 is 1.31 bits per heavy atom. The van der Waals surface area contributed by atoms with E-state index in [-0.39, 0.29) is 24.0 Å². The number of nitrogens with one attached hydrogen (secondary N) is 2. The van der Waals surface area contributed by atoms with Gasteiger partial charge in [0.15, 0.2) is 5.96 Å². The third kappa shape index (κ3) is 6.55. The lowest BCUT2D eigenvalue weighted by molar-refractivity contribution is 0.562. The lowest BCUT2D eigenvalue weighted by atomic mass is 10.1. The lowest BCUT2D eigenvalue weighted by Crippen LogP contribution is -2.42. The Morgan fingerprint density at radius 3 is 2.44 bits per heavy atom. The summed E-state index contributed by atoms with van der Waals surface area (Å²) in [6.45, 7) is 5.51. The van der Waals surface area contributed by atoms with E-state index in [1.807, 2.05) is 7.05 Å². The molecule has 16 heavy (non-hydrogen) atoms. The van der Waals surface area contributed by atoms with Gasteiger partial charge >= 0.3 is 0 Å². The first-order valence-corrected chi connectivity index (χ1v) is 6.19. The van der Waals surface area contributed by atoms with Crippen molar-refractivity contribution in [3.05, 3.63) is 0 Å². The van der Waals surface area contributed by atoms with Crippen molar-refractivity contribution in [3.63, 3.8) is 0 Å². The summed E-state index contributed by atoms with van der Waals surface area (Å²) >= 11 is 0. The summed E-state index contributed by atoms with van der Waals surface area (Å²) in [5.41, 5.74) is 0. The summed E-state index contributed by atoms with van der Waals surface area (Å²) < 4.78 is 0. The van der Waals surface area contributed by atoms with Crippen molar-refractivity contribution in [1.82, 2.24) is 10.6 Å². The molecule has 1 aliphatic rings. The van der Waals surface area contributed by atoms with Gasteiger partial charge in [-0.15, -0.1) is 24.0 Å². The van der Waals surface area contributed by atoms with E-state index in [4.69, 9.17) is 0 Å². The number of halogens is 1. The van der Waals surface area contributed by atoms with Crippen LogP contribution >= 0.6 is 24.0 Å². The van der Waals surface area contributed by atoms with E-state index in [1.54, 1.807) is 0 Å². The fraction of sp³-hybridized carbons (Fsp3) is 0.917. The molecule has 4 heteroatoms. The van der Waals surface area contributed by atoms with Crippen LogP contribution in [0.4, 0.5) is 0 Å². The second kappa shape index (κ2) is 9.07. The molecule has 3 nitrogen and oxygen atoms in total. The van der Waals surface area contributed by atoms with E-state index in [0.29, 0.717) is 6.04 Å². The maximum absolute atomic E-state index is 4.24. The van der Waals surface area contributed by atoms with Crippen molar-refractivity contribution in [2.45, 2.75) is 52.0 Å². The van der Waals surface area contributed by atoms with E-state index < -0.39 is 0 Å². The second-order valence-corrected chi connectivity index (χ2v) is 4.81. The molecule has 1 rings (SSSR count). The van der Waals surface area contributed by atoms with Gasteiger partial charge in [0.25, 0.3) is 0 Å². The highest BCUT2D eigenvalue weighted by molar-refractivity contribution is 14.0. The molecular weight excluding hydrogens is 313 g/mol. The maximum Gasteiger partial charge on any atom is 0.191 e. The van der Waals surface area contributed by atoms with E-state index in [2.05, 4.69) is 29.5 Å². The zero-order chi connectivity index (χ0) is 11.1. The van der Waals surface area contributed by atoms with Gasteiger partial charge in [-0.05, 0) is 25.2 Å². The third-order valence-electron chi connectivity index (χ3n) is 2.93. The highest BCUT2D eigenvalue weighted by atomic mass is 127. The van der Waals surface area contributed by atoms with Gasteiger partial charge in [0.2, 0.25) is 0 Å². The Bertz CT molecular complexity index is 198. The van der Waals surface area contributed by atoms with Crippen LogP contribution in [0.5, 0.6) is 0 Å².